The van der Waals surface area contributed by atoms with E-state index in [2.05, 4.69) is 20.5 Å². The predicted molar refractivity (Wildman–Crippen MR) is 99.4 cm³/mol. The average Bonchev–Trinajstić information content (AvgIpc) is 3.17. The van der Waals surface area contributed by atoms with Crippen molar-refractivity contribution in [2.45, 2.75) is 43.3 Å². The molecule has 1 aliphatic rings. The number of rotatable bonds is 6. The standard InChI is InChI=1S/C16H21N5O3S2/c1-3-21-14(12-4-7-17-8-5-12)19-20-16(21)25-11(2)15(22)18-13-6-9-26(23,24)10-13/h4-5,7-8,11,13H,3,6,9-10H2,1-2H3,(H,18,22)/t11-,13+/m1/s1. The monoisotopic (exact) mass is 395 g/mol. The van der Waals surface area contributed by atoms with E-state index < -0.39 is 15.1 Å². The van der Waals surface area contributed by atoms with Crippen LogP contribution in [0.15, 0.2) is 29.7 Å². The molecule has 0 saturated carbocycles. The average molecular weight is 396 g/mol. The molecule has 1 amide bonds. The number of thioether (sulfide) groups is 1. The fraction of sp³-hybridized carbons (Fsp3) is 0.500. The van der Waals surface area contributed by atoms with Gasteiger partial charge in [0.2, 0.25) is 5.91 Å². The molecule has 0 aromatic carbocycles. The first-order valence-electron chi connectivity index (χ1n) is 8.40. The number of nitrogens with zero attached hydrogens (tertiary/aromatic N) is 4. The van der Waals surface area contributed by atoms with Gasteiger partial charge in [0.15, 0.2) is 20.8 Å². The molecular formula is C16H21N5O3S2. The fourth-order valence-corrected chi connectivity index (χ4v) is 5.41. The van der Waals surface area contributed by atoms with Crippen molar-refractivity contribution in [3.8, 4) is 11.4 Å². The van der Waals surface area contributed by atoms with Crippen molar-refractivity contribution in [1.29, 1.82) is 0 Å². The Morgan fingerprint density at radius 2 is 2.12 bits per heavy atom. The fourth-order valence-electron chi connectivity index (χ4n) is 2.81. The van der Waals surface area contributed by atoms with Gasteiger partial charge in [-0.05, 0) is 32.4 Å². The minimum absolute atomic E-state index is 0.0213. The quantitative estimate of drug-likeness (QED) is 0.731. The second kappa shape index (κ2) is 7.75. The third-order valence-electron chi connectivity index (χ3n) is 4.20. The van der Waals surface area contributed by atoms with Crippen molar-refractivity contribution in [3.05, 3.63) is 24.5 Å². The highest BCUT2D eigenvalue weighted by Gasteiger charge is 2.30. The van der Waals surface area contributed by atoms with Gasteiger partial charge in [-0.1, -0.05) is 11.8 Å². The van der Waals surface area contributed by atoms with Gasteiger partial charge in [-0.25, -0.2) is 8.42 Å². The molecule has 0 aliphatic carbocycles. The summed E-state index contributed by atoms with van der Waals surface area (Å²) in [5.74, 6) is 0.701. The second-order valence-electron chi connectivity index (χ2n) is 6.15. The largest absolute Gasteiger partial charge is 0.351 e. The molecule has 1 N–H and O–H groups in total. The molecule has 3 heterocycles. The number of sulfone groups is 1. The van der Waals surface area contributed by atoms with Crippen LogP contribution in [0.5, 0.6) is 0 Å². The third kappa shape index (κ3) is 4.24. The smallest absolute Gasteiger partial charge is 0.233 e. The summed E-state index contributed by atoms with van der Waals surface area (Å²) in [6.45, 7) is 4.44. The summed E-state index contributed by atoms with van der Waals surface area (Å²) < 4.78 is 25.0. The van der Waals surface area contributed by atoms with Crippen LogP contribution in [0.3, 0.4) is 0 Å². The summed E-state index contributed by atoms with van der Waals surface area (Å²) in [6, 6.07) is 3.43. The molecule has 1 aliphatic heterocycles. The van der Waals surface area contributed by atoms with Crippen LogP contribution in [-0.2, 0) is 21.2 Å². The van der Waals surface area contributed by atoms with Crippen molar-refractivity contribution in [2.24, 2.45) is 0 Å². The van der Waals surface area contributed by atoms with Gasteiger partial charge in [-0.15, -0.1) is 10.2 Å². The lowest BCUT2D eigenvalue weighted by Crippen LogP contribution is -2.40. The maximum atomic E-state index is 12.4. The van der Waals surface area contributed by atoms with Crippen LogP contribution in [0, 0.1) is 0 Å². The molecule has 26 heavy (non-hydrogen) atoms. The summed E-state index contributed by atoms with van der Waals surface area (Å²) in [5.41, 5.74) is 0.912. The molecule has 3 rings (SSSR count). The van der Waals surface area contributed by atoms with Gasteiger partial charge in [-0.2, -0.15) is 0 Å². The van der Waals surface area contributed by atoms with Gasteiger partial charge in [0.25, 0.3) is 0 Å². The van der Waals surface area contributed by atoms with Gasteiger partial charge < -0.3 is 9.88 Å². The van der Waals surface area contributed by atoms with Gasteiger partial charge in [0, 0.05) is 30.5 Å². The Hall–Kier alpha value is -1.94. The predicted octanol–water partition coefficient (Wildman–Crippen LogP) is 1.14. The highest BCUT2D eigenvalue weighted by atomic mass is 32.2. The Kier molecular flexibility index (Phi) is 5.61. The number of nitrogens with one attached hydrogen (secondary N) is 1. The Balaban J connectivity index is 1.68. The Labute approximate surface area is 156 Å². The molecule has 1 saturated heterocycles. The molecule has 2 atom stereocenters. The zero-order chi connectivity index (χ0) is 18.7. The van der Waals surface area contributed by atoms with Crippen molar-refractivity contribution in [3.63, 3.8) is 0 Å². The number of carbonyl (C=O) groups is 1. The van der Waals surface area contributed by atoms with E-state index in [9.17, 15) is 13.2 Å². The number of pyridine rings is 1. The van der Waals surface area contributed by atoms with E-state index in [0.717, 1.165) is 11.4 Å². The highest BCUT2D eigenvalue weighted by molar-refractivity contribution is 8.00. The van der Waals surface area contributed by atoms with Gasteiger partial charge in [0.1, 0.15) is 0 Å². The molecule has 140 valence electrons. The highest BCUT2D eigenvalue weighted by Crippen LogP contribution is 2.26. The minimum atomic E-state index is -3.02. The van der Waals surface area contributed by atoms with E-state index in [1.165, 1.54) is 11.8 Å². The van der Waals surface area contributed by atoms with Crippen LogP contribution in [0.1, 0.15) is 20.3 Å². The first-order valence-corrected chi connectivity index (χ1v) is 11.1. The van der Waals surface area contributed by atoms with E-state index >= 15 is 0 Å². The van der Waals surface area contributed by atoms with Crippen molar-refractivity contribution in [1.82, 2.24) is 25.1 Å². The second-order valence-corrected chi connectivity index (χ2v) is 9.69. The summed E-state index contributed by atoms with van der Waals surface area (Å²) in [5, 5.41) is 11.5. The molecule has 10 heteroatoms. The zero-order valence-electron chi connectivity index (χ0n) is 14.6. The Morgan fingerprint density at radius 1 is 1.38 bits per heavy atom. The molecule has 0 radical (unpaired) electrons. The molecule has 1 fully saturated rings. The van der Waals surface area contributed by atoms with Crippen LogP contribution in [0.4, 0.5) is 0 Å². The maximum absolute atomic E-state index is 12.4. The van der Waals surface area contributed by atoms with E-state index in [1.807, 2.05) is 23.6 Å². The zero-order valence-corrected chi connectivity index (χ0v) is 16.3. The topological polar surface area (TPSA) is 107 Å². The van der Waals surface area contributed by atoms with Crippen LogP contribution in [0.25, 0.3) is 11.4 Å². The first-order chi connectivity index (χ1) is 12.4. The lowest BCUT2D eigenvalue weighted by atomic mass is 10.2. The van der Waals surface area contributed by atoms with Crippen LogP contribution < -0.4 is 5.32 Å². The Morgan fingerprint density at radius 3 is 2.73 bits per heavy atom. The van der Waals surface area contributed by atoms with Crippen LogP contribution in [0.2, 0.25) is 0 Å². The van der Waals surface area contributed by atoms with E-state index in [4.69, 9.17) is 0 Å². The number of carbonyl (C=O) groups excluding carboxylic acids is 1. The molecular weight excluding hydrogens is 374 g/mol. The van der Waals surface area contributed by atoms with Gasteiger partial charge >= 0.3 is 0 Å². The van der Waals surface area contributed by atoms with E-state index in [1.54, 1.807) is 19.3 Å². The third-order valence-corrected chi connectivity index (χ3v) is 7.05. The molecule has 0 spiro atoms. The van der Waals surface area contributed by atoms with Crippen LogP contribution in [-0.4, -0.2) is 56.9 Å². The SMILES string of the molecule is CCn1c(S[C@H](C)C(=O)N[C@H]2CCS(=O)(=O)C2)nnc1-c1ccncc1. The number of hydrogen-bond donors (Lipinski definition) is 1. The first kappa shape index (κ1) is 18.8. The normalized spacial score (nSPS) is 20.0. The number of aromatic nitrogens is 4. The molecule has 0 bridgehead atoms. The summed E-state index contributed by atoms with van der Waals surface area (Å²) in [4.78, 5) is 16.4. The molecule has 0 unspecified atom stereocenters. The van der Waals surface area contributed by atoms with Crippen LogP contribution >= 0.6 is 11.8 Å². The van der Waals surface area contributed by atoms with Crippen molar-refractivity contribution >= 4 is 27.5 Å². The Bertz CT molecular complexity index is 883. The minimum Gasteiger partial charge on any atom is -0.351 e. The summed E-state index contributed by atoms with van der Waals surface area (Å²) >= 11 is 1.31. The van der Waals surface area contributed by atoms with Gasteiger partial charge in [-0.3, -0.25) is 9.78 Å². The van der Waals surface area contributed by atoms with Crippen molar-refractivity contribution < 1.29 is 13.2 Å². The lowest BCUT2D eigenvalue weighted by molar-refractivity contribution is -0.120. The maximum Gasteiger partial charge on any atom is 0.233 e. The number of hydrogen-bond acceptors (Lipinski definition) is 7. The summed E-state index contributed by atoms with van der Waals surface area (Å²) in [7, 11) is -3.02. The van der Waals surface area contributed by atoms with Gasteiger partial charge in [0.05, 0.1) is 16.8 Å². The summed E-state index contributed by atoms with van der Waals surface area (Å²) in [6.07, 6.45) is 3.87. The molecule has 2 aromatic rings. The van der Waals surface area contributed by atoms with Crippen molar-refractivity contribution in [2.75, 3.05) is 11.5 Å². The molecule has 8 nitrogen and oxygen atoms in total. The van der Waals surface area contributed by atoms with E-state index in [0.29, 0.717) is 18.1 Å². The molecule has 2 aromatic heterocycles. The lowest BCUT2D eigenvalue weighted by Gasteiger charge is -2.15. The van der Waals surface area contributed by atoms with E-state index in [-0.39, 0.29) is 23.5 Å². The number of amides is 1.